The van der Waals surface area contributed by atoms with Gasteiger partial charge in [0.1, 0.15) is 11.5 Å². The molecule has 3 aromatic heterocycles. The van der Waals surface area contributed by atoms with Gasteiger partial charge in [0, 0.05) is 18.5 Å². The van der Waals surface area contributed by atoms with Crippen molar-refractivity contribution >= 4 is 22.8 Å². The molecule has 5 nitrogen and oxygen atoms in total. The molecule has 0 aliphatic heterocycles. The fraction of sp³-hybridized carbons (Fsp3) is 0.0625. The van der Waals surface area contributed by atoms with E-state index in [1.54, 1.807) is 6.07 Å². The minimum absolute atomic E-state index is 0.162. The molecule has 2 N–H and O–H groups in total. The van der Waals surface area contributed by atoms with Gasteiger partial charge in [0.25, 0.3) is 0 Å². The first-order valence-electron chi connectivity index (χ1n) is 6.41. The highest BCUT2D eigenvalue weighted by Gasteiger charge is 2.02. The van der Waals surface area contributed by atoms with Crippen LogP contribution in [0.25, 0.3) is 11.0 Å². The third-order valence-corrected chi connectivity index (χ3v) is 2.78. The number of H-pyrrole nitrogens is 1. The van der Waals surface area contributed by atoms with Crippen LogP contribution < -0.4 is 5.32 Å². The maximum Gasteiger partial charge on any atom is 0.222 e. The van der Waals surface area contributed by atoms with Crippen molar-refractivity contribution in [2.45, 2.75) is 6.92 Å². The molecule has 3 heterocycles. The second kappa shape index (κ2) is 5.47. The van der Waals surface area contributed by atoms with Gasteiger partial charge in [-0.05, 0) is 48.2 Å². The highest BCUT2D eigenvalue weighted by atomic mass is 16.1. The van der Waals surface area contributed by atoms with Crippen LogP contribution in [0.2, 0.25) is 0 Å². The topological polar surface area (TPSA) is 70.7 Å². The van der Waals surface area contributed by atoms with Crippen LogP contribution in [0.1, 0.15) is 18.3 Å². The summed E-state index contributed by atoms with van der Waals surface area (Å²) in [6.07, 6.45) is 1.82. The van der Waals surface area contributed by atoms with Gasteiger partial charge in [-0.3, -0.25) is 4.79 Å². The Bertz CT molecular complexity index is 857. The van der Waals surface area contributed by atoms with Gasteiger partial charge in [-0.25, -0.2) is 9.97 Å². The summed E-state index contributed by atoms with van der Waals surface area (Å²) in [6, 6.07) is 11.1. The lowest BCUT2D eigenvalue weighted by Crippen LogP contribution is -2.07. The average molecular weight is 276 g/mol. The first-order chi connectivity index (χ1) is 10.2. The zero-order chi connectivity index (χ0) is 14.7. The van der Waals surface area contributed by atoms with Crippen LogP contribution in [0.4, 0.5) is 5.82 Å². The quantitative estimate of drug-likeness (QED) is 0.670. The molecule has 5 heteroatoms. The number of carbonyl (C=O) groups excluding carboxylic acids is 1. The number of nitrogens with one attached hydrogen (secondary N) is 2. The molecule has 0 spiro atoms. The van der Waals surface area contributed by atoms with Gasteiger partial charge >= 0.3 is 0 Å². The number of aromatic amines is 1. The Morgan fingerprint density at radius 2 is 2.00 bits per heavy atom. The molecule has 3 rings (SSSR count). The monoisotopic (exact) mass is 276 g/mol. The summed E-state index contributed by atoms with van der Waals surface area (Å²) < 4.78 is 0. The maximum absolute atomic E-state index is 11.1. The molecule has 0 saturated heterocycles. The lowest BCUT2D eigenvalue weighted by atomic mass is 10.2. The molecule has 0 fully saturated rings. The lowest BCUT2D eigenvalue weighted by molar-refractivity contribution is -0.114. The Kier molecular flexibility index (Phi) is 3.36. The van der Waals surface area contributed by atoms with Crippen LogP contribution in [-0.2, 0) is 4.79 Å². The highest BCUT2D eigenvalue weighted by molar-refractivity contribution is 5.89. The van der Waals surface area contributed by atoms with Crippen molar-refractivity contribution in [2.24, 2.45) is 0 Å². The number of amides is 1. The number of anilines is 1. The number of nitrogens with zero attached hydrogens (tertiary/aromatic N) is 2. The first-order valence-corrected chi connectivity index (χ1v) is 6.41. The van der Waals surface area contributed by atoms with Gasteiger partial charge in [0.05, 0.1) is 5.69 Å². The van der Waals surface area contributed by atoms with Crippen molar-refractivity contribution < 1.29 is 4.79 Å². The number of fused-ring (bicyclic) bond motifs is 1. The van der Waals surface area contributed by atoms with Crippen molar-refractivity contribution in [3.05, 3.63) is 54.0 Å². The lowest BCUT2D eigenvalue weighted by Gasteiger charge is -2.02. The molecule has 0 aromatic carbocycles. The number of pyridine rings is 2. The predicted octanol–water partition coefficient (Wildman–Crippen LogP) is 2.32. The van der Waals surface area contributed by atoms with Gasteiger partial charge in [-0.2, -0.15) is 0 Å². The smallest absolute Gasteiger partial charge is 0.222 e. The first kappa shape index (κ1) is 12.9. The van der Waals surface area contributed by atoms with Crippen molar-refractivity contribution in [2.75, 3.05) is 5.32 Å². The number of aromatic nitrogens is 3. The van der Waals surface area contributed by atoms with Crippen molar-refractivity contribution in [3.8, 4) is 11.8 Å². The second-order valence-electron chi connectivity index (χ2n) is 4.45. The van der Waals surface area contributed by atoms with E-state index in [1.165, 1.54) is 6.92 Å². The summed E-state index contributed by atoms with van der Waals surface area (Å²) in [5.74, 6) is 6.29. The molecule has 0 unspecified atom stereocenters. The van der Waals surface area contributed by atoms with Gasteiger partial charge in [0.15, 0.2) is 5.65 Å². The van der Waals surface area contributed by atoms with Crippen LogP contribution in [0, 0.1) is 11.8 Å². The number of hydrogen-bond donors (Lipinski definition) is 2. The average Bonchev–Trinajstić information content (AvgIpc) is 2.97. The van der Waals surface area contributed by atoms with Gasteiger partial charge in [-0.15, -0.1) is 0 Å². The molecule has 0 atom stereocenters. The molecule has 0 radical (unpaired) electrons. The summed E-state index contributed by atoms with van der Waals surface area (Å²) in [4.78, 5) is 22.8. The molecular formula is C16H12N4O. The molecule has 0 saturated carbocycles. The normalized spacial score (nSPS) is 9.95. The van der Waals surface area contributed by atoms with Gasteiger partial charge in [0.2, 0.25) is 5.91 Å². The van der Waals surface area contributed by atoms with E-state index in [2.05, 4.69) is 32.1 Å². The molecule has 102 valence electrons. The van der Waals surface area contributed by atoms with Crippen molar-refractivity contribution in [3.63, 3.8) is 0 Å². The summed E-state index contributed by atoms with van der Waals surface area (Å²) in [5.41, 5.74) is 2.01. The van der Waals surface area contributed by atoms with E-state index in [0.717, 1.165) is 11.1 Å². The summed E-state index contributed by atoms with van der Waals surface area (Å²) in [7, 11) is 0. The molecule has 0 aliphatic rings. The molecule has 3 aromatic rings. The Morgan fingerprint density at radius 1 is 1.14 bits per heavy atom. The maximum atomic E-state index is 11.1. The number of rotatable bonds is 1. The predicted molar refractivity (Wildman–Crippen MR) is 80.6 cm³/mol. The highest BCUT2D eigenvalue weighted by Crippen LogP contribution is 2.13. The van der Waals surface area contributed by atoms with E-state index in [4.69, 9.17) is 0 Å². The van der Waals surface area contributed by atoms with Crippen LogP contribution >= 0.6 is 0 Å². The fourth-order valence-corrected chi connectivity index (χ4v) is 1.86. The van der Waals surface area contributed by atoms with E-state index in [0.29, 0.717) is 17.2 Å². The third-order valence-electron chi connectivity index (χ3n) is 2.78. The molecule has 1 amide bonds. The Hall–Kier alpha value is -3.13. The zero-order valence-corrected chi connectivity index (χ0v) is 11.3. The molecule has 0 aliphatic carbocycles. The minimum Gasteiger partial charge on any atom is -0.355 e. The van der Waals surface area contributed by atoms with E-state index in [1.807, 2.05) is 36.5 Å². The van der Waals surface area contributed by atoms with E-state index in [-0.39, 0.29) is 5.91 Å². The van der Waals surface area contributed by atoms with Crippen molar-refractivity contribution in [1.82, 2.24) is 15.0 Å². The van der Waals surface area contributed by atoms with Crippen LogP contribution in [0.15, 0.2) is 42.6 Å². The van der Waals surface area contributed by atoms with E-state index in [9.17, 15) is 4.79 Å². The third kappa shape index (κ3) is 3.07. The van der Waals surface area contributed by atoms with Gasteiger partial charge in [-0.1, -0.05) is 0 Å². The number of carbonyl (C=O) groups is 1. The fourth-order valence-electron chi connectivity index (χ4n) is 1.86. The molecule has 0 bridgehead atoms. The van der Waals surface area contributed by atoms with Crippen LogP contribution in [-0.4, -0.2) is 20.9 Å². The largest absolute Gasteiger partial charge is 0.355 e. The summed E-state index contributed by atoms with van der Waals surface area (Å²) in [5, 5.41) is 3.54. The zero-order valence-electron chi connectivity index (χ0n) is 11.3. The van der Waals surface area contributed by atoms with Crippen LogP contribution in [0.5, 0.6) is 0 Å². The summed E-state index contributed by atoms with van der Waals surface area (Å²) >= 11 is 0. The number of hydrogen-bond acceptors (Lipinski definition) is 3. The Morgan fingerprint density at radius 3 is 2.76 bits per heavy atom. The second-order valence-corrected chi connectivity index (χ2v) is 4.45. The molecule has 21 heavy (non-hydrogen) atoms. The SMILES string of the molecule is CC(=O)Nc1ccc2ccc(C#Cc3ccc[nH]3)nc2n1. The minimum atomic E-state index is -0.162. The van der Waals surface area contributed by atoms with Crippen molar-refractivity contribution in [1.29, 1.82) is 0 Å². The van der Waals surface area contributed by atoms with Gasteiger partial charge < -0.3 is 10.3 Å². The van der Waals surface area contributed by atoms with Crippen LogP contribution in [0.3, 0.4) is 0 Å². The standard InChI is InChI=1S/C16H12N4O/c1-11(21)18-15-9-5-12-4-6-14(19-16(12)20-15)8-7-13-3-2-10-17-13/h2-6,9-10,17H,1H3,(H,18,19,20,21). The Labute approximate surface area is 121 Å². The molecular weight excluding hydrogens is 264 g/mol. The van der Waals surface area contributed by atoms with E-state index < -0.39 is 0 Å². The Balaban J connectivity index is 1.96. The summed E-state index contributed by atoms with van der Waals surface area (Å²) in [6.45, 7) is 1.44. The van der Waals surface area contributed by atoms with E-state index >= 15 is 0 Å².